The standard InChI is InChI=1S/C12H12ClNOS/c1-8-12(14-11(16-8)6-7-15)9-2-4-10(13)5-3-9/h2-5,15H,6-7H2,1H3. The highest BCUT2D eigenvalue weighted by Gasteiger charge is 2.09. The fraction of sp³-hybridized carbons (Fsp3) is 0.250. The number of aromatic nitrogens is 1. The lowest BCUT2D eigenvalue weighted by molar-refractivity contribution is 0.299. The maximum atomic E-state index is 8.88. The summed E-state index contributed by atoms with van der Waals surface area (Å²) in [7, 11) is 0. The van der Waals surface area contributed by atoms with Crippen LogP contribution in [0.25, 0.3) is 11.3 Å². The van der Waals surface area contributed by atoms with Crippen LogP contribution in [0, 0.1) is 6.92 Å². The summed E-state index contributed by atoms with van der Waals surface area (Å²) in [5.74, 6) is 0. The van der Waals surface area contributed by atoms with Crippen LogP contribution < -0.4 is 0 Å². The second-order valence-electron chi connectivity index (χ2n) is 3.49. The first kappa shape index (κ1) is 11.6. The van der Waals surface area contributed by atoms with Crippen molar-refractivity contribution in [3.05, 3.63) is 39.2 Å². The molecule has 0 saturated heterocycles. The fourth-order valence-electron chi connectivity index (χ4n) is 1.53. The van der Waals surface area contributed by atoms with Gasteiger partial charge in [-0.1, -0.05) is 23.7 Å². The first-order chi connectivity index (χ1) is 7.70. The Labute approximate surface area is 104 Å². The quantitative estimate of drug-likeness (QED) is 0.911. The van der Waals surface area contributed by atoms with Crippen LogP contribution in [-0.4, -0.2) is 16.7 Å². The van der Waals surface area contributed by atoms with Crippen LogP contribution in [0.3, 0.4) is 0 Å². The predicted molar refractivity (Wildman–Crippen MR) is 68.1 cm³/mol. The van der Waals surface area contributed by atoms with Gasteiger partial charge >= 0.3 is 0 Å². The lowest BCUT2D eigenvalue weighted by atomic mass is 10.1. The molecular weight excluding hydrogens is 242 g/mol. The van der Waals surface area contributed by atoms with Crippen molar-refractivity contribution < 1.29 is 5.11 Å². The molecule has 4 heteroatoms. The van der Waals surface area contributed by atoms with Gasteiger partial charge in [-0.25, -0.2) is 4.98 Å². The van der Waals surface area contributed by atoms with Gasteiger partial charge in [0.05, 0.1) is 10.7 Å². The Kier molecular flexibility index (Phi) is 3.59. The molecular formula is C12H12ClNOS. The second-order valence-corrected chi connectivity index (χ2v) is 5.22. The summed E-state index contributed by atoms with van der Waals surface area (Å²) in [5, 5.41) is 10.6. The highest BCUT2D eigenvalue weighted by molar-refractivity contribution is 7.12. The molecule has 0 bridgehead atoms. The maximum absolute atomic E-state index is 8.88. The number of aryl methyl sites for hydroxylation is 1. The number of rotatable bonds is 3. The average molecular weight is 254 g/mol. The van der Waals surface area contributed by atoms with Crippen LogP contribution in [0.5, 0.6) is 0 Å². The third-order valence-electron chi connectivity index (χ3n) is 2.28. The Bertz CT molecular complexity index is 478. The molecule has 0 radical (unpaired) electrons. The van der Waals surface area contributed by atoms with E-state index in [1.165, 1.54) is 4.88 Å². The monoisotopic (exact) mass is 253 g/mol. The molecule has 0 spiro atoms. The minimum atomic E-state index is 0.146. The summed E-state index contributed by atoms with van der Waals surface area (Å²) in [5.41, 5.74) is 2.06. The summed E-state index contributed by atoms with van der Waals surface area (Å²) in [6.45, 7) is 2.19. The lowest BCUT2D eigenvalue weighted by Gasteiger charge is -1.98. The Morgan fingerprint density at radius 1 is 1.31 bits per heavy atom. The summed E-state index contributed by atoms with van der Waals surface area (Å²) < 4.78 is 0. The van der Waals surface area contributed by atoms with Crippen molar-refractivity contribution in [2.75, 3.05) is 6.61 Å². The molecule has 0 unspecified atom stereocenters. The first-order valence-corrected chi connectivity index (χ1v) is 6.23. The molecule has 0 amide bonds. The number of halogens is 1. The van der Waals surface area contributed by atoms with E-state index < -0.39 is 0 Å². The van der Waals surface area contributed by atoms with E-state index in [2.05, 4.69) is 4.98 Å². The van der Waals surface area contributed by atoms with Gasteiger partial charge < -0.3 is 5.11 Å². The zero-order valence-electron chi connectivity index (χ0n) is 8.90. The van der Waals surface area contributed by atoms with E-state index in [9.17, 15) is 0 Å². The molecule has 84 valence electrons. The van der Waals surface area contributed by atoms with E-state index in [1.807, 2.05) is 31.2 Å². The fourth-order valence-corrected chi connectivity index (χ4v) is 2.60. The second kappa shape index (κ2) is 4.95. The molecule has 0 saturated carbocycles. The van der Waals surface area contributed by atoms with Gasteiger partial charge in [0.1, 0.15) is 0 Å². The molecule has 16 heavy (non-hydrogen) atoms. The molecule has 0 fully saturated rings. The van der Waals surface area contributed by atoms with Gasteiger partial charge in [-0.05, 0) is 19.1 Å². The largest absolute Gasteiger partial charge is 0.396 e. The average Bonchev–Trinajstić information content (AvgIpc) is 2.61. The number of aliphatic hydroxyl groups excluding tert-OH is 1. The topological polar surface area (TPSA) is 33.1 Å². The molecule has 0 atom stereocenters. The number of hydrogen-bond acceptors (Lipinski definition) is 3. The number of thiazole rings is 1. The van der Waals surface area contributed by atoms with Crippen molar-refractivity contribution in [1.82, 2.24) is 4.98 Å². The Morgan fingerprint density at radius 3 is 2.62 bits per heavy atom. The van der Waals surface area contributed by atoms with E-state index in [1.54, 1.807) is 11.3 Å². The summed E-state index contributed by atoms with van der Waals surface area (Å²) in [6, 6.07) is 7.66. The van der Waals surface area contributed by atoms with E-state index in [4.69, 9.17) is 16.7 Å². The van der Waals surface area contributed by atoms with Crippen LogP contribution in [0.1, 0.15) is 9.88 Å². The van der Waals surface area contributed by atoms with Gasteiger partial charge in [0.2, 0.25) is 0 Å². The summed E-state index contributed by atoms with van der Waals surface area (Å²) in [4.78, 5) is 5.69. The Balaban J connectivity index is 2.36. The van der Waals surface area contributed by atoms with Gasteiger partial charge in [-0.2, -0.15) is 0 Å². The Hall–Kier alpha value is -0.900. The zero-order chi connectivity index (χ0) is 11.5. The van der Waals surface area contributed by atoms with Gasteiger partial charge in [-0.15, -0.1) is 11.3 Å². The Morgan fingerprint density at radius 2 is 2.00 bits per heavy atom. The van der Waals surface area contributed by atoms with Crippen LogP contribution in [0.2, 0.25) is 5.02 Å². The highest BCUT2D eigenvalue weighted by Crippen LogP contribution is 2.28. The zero-order valence-corrected chi connectivity index (χ0v) is 10.5. The van der Waals surface area contributed by atoms with E-state index in [0.717, 1.165) is 21.3 Å². The maximum Gasteiger partial charge on any atom is 0.0958 e. The van der Waals surface area contributed by atoms with Gasteiger partial charge in [0, 0.05) is 28.5 Å². The summed E-state index contributed by atoms with van der Waals surface area (Å²) in [6.07, 6.45) is 0.624. The van der Waals surface area contributed by atoms with Crippen molar-refractivity contribution in [3.63, 3.8) is 0 Å². The minimum absolute atomic E-state index is 0.146. The summed E-state index contributed by atoms with van der Waals surface area (Å²) >= 11 is 7.48. The van der Waals surface area contributed by atoms with Crippen molar-refractivity contribution in [3.8, 4) is 11.3 Å². The smallest absolute Gasteiger partial charge is 0.0958 e. The van der Waals surface area contributed by atoms with Crippen molar-refractivity contribution in [2.24, 2.45) is 0 Å². The molecule has 2 rings (SSSR count). The molecule has 0 aliphatic heterocycles. The minimum Gasteiger partial charge on any atom is -0.396 e. The van der Waals surface area contributed by atoms with E-state index in [-0.39, 0.29) is 6.61 Å². The SMILES string of the molecule is Cc1sc(CCO)nc1-c1ccc(Cl)cc1. The number of hydrogen-bond donors (Lipinski definition) is 1. The molecule has 1 aromatic heterocycles. The molecule has 1 aromatic carbocycles. The first-order valence-electron chi connectivity index (χ1n) is 5.04. The third-order valence-corrected chi connectivity index (χ3v) is 3.57. The van der Waals surface area contributed by atoms with E-state index in [0.29, 0.717) is 6.42 Å². The van der Waals surface area contributed by atoms with Gasteiger partial charge in [0.25, 0.3) is 0 Å². The molecule has 1 N–H and O–H groups in total. The van der Waals surface area contributed by atoms with Crippen LogP contribution >= 0.6 is 22.9 Å². The van der Waals surface area contributed by atoms with Gasteiger partial charge in [0.15, 0.2) is 0 Å². The van der Waals surface area contributed by atoms with Gasteiger partial charge in [-0.3, -0.25) is 0 Å². The van der Waals surface area contributed by atoms with Crippen LogP contribution in [0.4, 0.5) is 0 Å². The number of benzene rings is 1. The van der Waals surface area contributed by atoms with Crippen molar-refractivity contribution >= 4 is 22.9 Å². The van der Waals surface area contributed by atoms with Crippen molar-refractivity contribution in [1.29, 1.82) is 0 Å². The number of nitrogens with zero attached hydrogens (tertiary/aromatic N) is 1. The lowest BCUT2D eigenvalue weighted by Crippen LogP contribution is -1.89. The molecule has 1 heterocycles. The third kappa shape index (κ3) is 2.43. The highest BCUT2D eigenvalue weighted by atomic mass is 35.5. The normalized spacial score (nSPS) is 10.7. The molecule has 0 aliphatic rings. The van der Waals surface area contributed by atoms with E-state index >= 15 is 0 Å². The molecule has 0 aliphatic carbocycles. The molecule has 2 aromatic rings. The van der Waals surface area contributed by atoms with Crippen LogP contribution in [-0.2, 0) is 6.42 Å². The number of aliphatic hydroxyl groups is 1. The van der Waals surface area contributed by atoms with Crippen molar-refractivity contribution in [2.45, 2.75) is 13.3 Å². The van der Waals surface area contributed by atoms with Crippen LogP contribution in [0.15, 0.2) is 24.3 Å². The molecule has 2 nitrogen and oxygen atoms in total. The predicted octanol–water partition coefficient (Wildman–Crippen LogP) is 3.31.